The summed E-state index contributed by atoms with van der Waals surface area (Å²) in [7, 11) is 0.209. The largest absolute Gasteiger partial charge is 0.487 e. The Hall–Kier alpha value is -1.41. The fraction of sp³-hybridized carbons (Fsp3) is 0.636. The lowest BCUT2D eigenvalue weighted by Gasteiger charge is -2.37. The van der Waals surface area contributed by atoms with E-state index < -0.39 is 16.1 Å². The third kappa shape index (κ3) is 4.85. The van der Waals surface area contributed by atoms with Gasteiger partial charge >= 0.3 is 0 Å². The molecule has 7 heteroatoms. The maximum atomic E-state index is 13.4. The van der Waals surface area contributed by atoms with E-state index >= 15 is 0 Å². The van der Waals surface area contributed by atoms with Crippen molar-refractivity contribution in [2.75, 3.05) is 33.8 Å². The SMILES string of the molecule is C[C@@H]1CN([C@@H](C)CO)S(=O)(=O)c2ccc(C3=CCCCC3)cc2O[C@H]1CN(C)C. The maximum Gasteiger partial charge on any atom is 0.247 e. The standard InChI is InChI=1S/C22H34N2O4S/c1-16-13-24(17(2)15-25)29(26,27)22-11-10-19(18-8-6-5-7-9-18)12-20(22)28-21(16)14-23(3)4/h8,10-12,16-17,21,25H,5-7,9,13-15H2,1-4H3/t16-,17+,21+/m1/s1. The van der Waals surface area contributed by atoms with E-state index in [1.807, 2.05) is 33.2 Å². The van der Waals surface area contributed by atoms with Crippen LogP contribution in [0.4, 0.5) is 0 Å². The van der Waals surface area contributed by atoms with Gasteiger partial charge in [0.25, 0.3) is 0 Å². The fourth-order valence-electron chi connectivity index (χ4n) is 4.10. The van der Waals surface area contributed by atoms with E-state index in [0.717, 1.165) is 24.8 Å². The highest BCUT2D eigenvalue weighted by molar-refractivity contribution is 7.89. The Kier molecular flexibility index (Phi) is 7.04. The number of likely N-dealkylation sites (N-methyl/N-ethyl adjacent to an activating group) is 1. The van der Waals surface area contributed by atoms with Crippen LogP contribution in [0.2, 0.25) is 0 Å². The first-order valence-electron chi connectivity index (χ1n) is 10.5. The van der Waals surface area contributed by atoms with Gasteiger partial charge in [-0.1, -0.05) is 19.1 Å². The summed E-state index contributed by atoms with van der Waals surface area (Å²) < 4.78 is 34.7. The third-order valence-corrected chi connectivity index (χ3v) is 7.89. The summed E-state index contributed by atoms with van der Waals surface area (Å²) in [6, 6.07) is 4.97. The smallest absolute Gasteiger partial charge is 0.247 e. The summed E-state index contributed by atoms with van der Waals surface area (Å²) in [5, 5.41) is 9.69. The van der Waals surface area contributed by atoms with Crippen molar-refractivity contribution >= 4 is 15.6 Å². The van der Waals surface area contributed by atoms with Crippen LogP contribution in [0.1, 0.15) is 45.1 Å². The van der Waals surface area contributed by atoms with Crippen LogP contribution >= 0.6 is 0 Å². The molecule has 3 rings (SSSR count). The van der Waals surface area contributed by atoms with E-state index in [-0.39, 0.29) is 23.5 Å². The van der Waals surface area contributed by atoms with E-state index in [1.165, 1.54) is 16.3 Å². The number of allylic oxidation sites excluding steroid dienone is 2. The summed E-state index contributed by atoms with van der Waals surface area (Å²) in [5.74, 6) is 0.398. The fourth-order valence-corrected chi connectivity index (χ4v) is 5.93. The molecule has 0 spiro atoms. The van der Waals surface area contributed by atoms with E-state index in [0.29, 0.717) is 18.8 Å². The Morgan fingerprint density at radius 1 is 1.31 bits per heavy atom. The van der Waals surface area contributed by atoms with Crippen molar-refractivity contribution in [3.8, 4) is 5.75 Å². The molecule has 1 aliphatic heterocycles. The monoisotopic (exact) mass is 422 g/mol. The first-order valence-corrected chi connectivity index (χ1v) is 12.0. The van der Waals surface area contributed by atoms with Gasteiger partial charge in [-0.15, -0.1) is 0 Å². The Morgan fingerprint density at radius 3 is 2.69 bits per heavy atom. The number of aliphatic hydroxyl groups excluding tert-OH is 1. The van der Waals surface area contributed by atoms with Gasteiger partial charge in [0.15, 0.2) is 0 Å². The predicted molar refractivity (Wildman–Crippen MR) is 115 cm³/mol. The van der Waals surface area contributed by atoms with Gasteiger partial charge in [0, 0.05) is 25.0 Å². The van der Waals surface area contributed by atoms with Crippen molar-refractivity contribution in [1.82, 2.24) is 9.21 Å². The molecule has 0 bridgehead atoms. The van der Waals surface area contributed by atoms with Crippen LogP contribution < -0.4 is 4.74 Å². The molecule has 0 radical (unpaired) electrons. The molecule has 0 unspecified atom stereocenters. The molecule has 2 aliphatic rings. The zero-order valence-electron chi connectivity index (χ0n) is 18.0. The molecule has 0 amide bonds. The van der Waals surface area contributed by atoms with Crippen LogP contribution in [0, 0.1) is 5.92 Å². The maximum absolute atomic E-state index is 13.4. The van der Waals surface area contributed by atoms with Gasteiger partial charge in [0.1, 0.15) is 16.7 Å². The Balaban J connectivity index is 2.10. The molecular formula is C22H34N2O4S. The molecule has 1 aromatic carbocycles. The minimum atomic E-state index is -3.77. The zero-order chi connectivity index (χ0) is 21.2. The summed E-state index contributed by atoms with van der Waals surface area (Å²) in [6.45, 7) is 4.54. The Bertz CT molecular complexity index is 850. The number of benzene rings is 1. The van der Waals surface area contributed by atoms with E-state index in [9.17, 15) is 13.5 Å². The van der Waals surface area contributed by atoms with E-state index in [4.69, 9.17) is 4.74 Å². The van der Waals surface area contributed by atoms with Crippen LogP contribution in [0.25, 0.3) is 5.57 Å². The number of fused-ring (bicyclic) bond motifs is 1. The number of hydrogen-bond acceptors (Lipinski definition) is 5. The number of aliphatic hydroxyl groups is 1. The van der Waals surface area contributed by atoms with E-state index in [1.54, 1.807) is 13.0 Å². The molecule has 0 fully saturated rings. The van der Waals surface area contributed by atoms with Crippen LogP contribution in [0.3, 0.4) is 0 Å². The number of nitrogens with zero attached hydrogens (tertiary/aromatic N) is 2. The Morgan fingerprint density at radius 2 is 2.07 bits per heavy atom. The van der Waals surface area contributed by atoms with Crippen LogP contribution in [0.5, 0.6) is 5.75 Å². The molecule has 1 N–H and O–H groups in total. The lowest BCUT2D eigenvalue weighted by Crippen LogP contribution is -2.49. The lowest BCUT2D eigenvalue weighted by molar-refractivity contribution is 0.0812. The number of sulfonamides is 1. The topological polar surface area (TPSA) is 70.1 Å². The van der Waals surface area contributed by atoms with Crippen LogP contribution in [0.15, 0.2) is 29.2 Å². The molecule has 29 heavy (non-hydrogen) atoms. The molecule has 0 saturated heterocycles. The minimum absolute atomic E-state index is 0.0214. The summed E-state index contributed by atoms with van der Waals surface area (Å²) >= 11 is 0. The van der Waals surface area contributed by atoms with Crippen molar-refractivity contribution in [3.05, 3.63) is 29.8 Å². The van der Waals surface area contributed by atoms with E-state index in [2.05, 4.69) is 11.0 Å². The second-order valence-corrected chi connectivity index (χ2v) is 10.5. The van der Waals surface area contributed by atoms with Gasteiger partial charge in [0.05, 0.1) is 6.61 Å². The molecular weight excluding hydrogens is 388 g/mol. The van der Waals surface area contributed by atoms with Gasteiger partial charge < -0.3 is 14.7 Å². The first kappa shape index (κ1) is 22.3. The summed E-state index contributed by atoms with van der Waals surface area (Å²) in [4.78, 5) is 2.25. The molecule has 1 aromatic rings. The van der Waals surface area contributed by atoms with Gasteiger partial charge in [-0.3, -0.25) is 0 Å². The highest BCUT2D eigenvalue weighted by Gasteiger charge is 2.38. The normalized spacial score (nSPS) is 26.1. The van der Waals surface area contributed by atoms with Crippen molar-refractivity contribution in [2.24, 2.45) is 5.92 Å². The number of hydrogen-bond donors (Lipinski definition) is 1. The second-order valence-electron chi connectivity index (χ2n) is 8.64. The third-order valence-electron chi connectivity index (χ3n) is 5.87. The van der Waals surface area contributed by atoms with Gasteiger partial charge in [-0.25, -0.2) is 8.42 Å². The predicted octanol–water partition coefficient (Wildman–Crippen LogP) is 2.97. The van der Waals surface area contributed by atoms with Gasteiger partial charge in [0.2, 0.25) is 10.0 Å². The molecule has 0 saturated carbocycles. The molecule has 1 aliphatic carbocycles. The molecule has 3 atom stereocenters. The molecule has 1 heterocycles. The summed E-state index contributed by atoms with van der Waals surface area (Å²) in [6.07, 6.45) is 6.54. The Labute approximate surface area is 175 Å². The van der Waals surface area contributed by atoms with Crippen LogP contribution in [-0.4, -0.2) is 68.7 Å². The molecule has 162 valence electrons. The minimum Gasteiger partial charge on any atom is -0.487 e. The van der Waals surface area contributed by atoms with Crippen molar-refractivity contribution in [1.29, 1.82) is 0 Å². The average molecular weight is 423 g/mol. The van der Waals surface area contributed by atoms with Crippen molar-refractivity contribution < 1.29 is 18.3 Å². The van der Waals surface area contributed by atoms with Gasteiger partial charge in [-0.05, 0) is 70.0 Å². The highest BCUT2D eigenvalue weighted by Crippen LogP contribution is 2.37. The molecule has 6 nitrogen and oxygen atoms in total. The average Bonchev–Trinajstić information content (AvgIpc) is 2.70. The van der Waals surface area contributed by atoms with Crippen molar-refractivity contribution in [2.45, 2.75) is 56.6 Å². The van der Waals surface area contributed by atoms with Gasteiger partial charge in [-0.2, -0.15) is 4.31 Å². The zero-order valence-corrected chi connectivity index (χ0v) is 18.8. The van der Waals surface area contributed by atoms with Crippen LogP contribution in [-0.2, 0) is 10.0 Å². The lowest BCUT2D eigenvalue weighted by atomic mass is 9.93. The second kappa shape index (κ2) is 9.16. The van der Waals surface area contributed by atoms with Crippen molar-refractivity contribution in [3.63, 3.8) is 0 Å². The molecule has 0 aromatic heterocycles. The first-order chi connectivity index (χ1) is 13.7. The summed E-state index contributed by atoms with van der Waals surface area (Å²) in [5.41, 5.74) is 2.30. The number of rotatable bonds is 5. The quantitative estimate of drug-likeness (QED) is 0.790. The highest BCUT2D eigenvalue weighted by atomic mass is 32.2. The number of ether oxygens (including phenoxy) is 1.